The Kier molecular flexibility index (Phi) is 4.34. The average Bonchev–Trinajstić information content (AvgIpc) is 2.90. The second-order valence-corrected chi connectivity index (χ2v) is 6.50. The Balaban J connectivity index is 2.16. The fourth-order valence-electron chi connectivity index (χ4n) is 2.65. The number of fused-ring (bicyclic) bond motifs is 1. The van der Waals surface area contributed by atoms with Gasteiger partial charge < -0.3 is 14.6 Å². The number of aryl methyl sites for hydroxylation is 1. The van der Waals surface area contributed by atoms with Crippen molar-refractivity contribution < 1.29 is 14.3 Å². The standard InChI is InChI=1S/C15H23N3O3/c1-15(2,3)11(14(20)21-4)17-13(19)10-6-5-8-18-9-7-16-12(10)18/h7,9-11H,5-6,8H2,1-4H3,(H,17,19)/t10?,11-/m1/s1. The van der Waals surface area contributed by atoms with Crippen molar-refractivity contribution >= 4 is 11.9 Å². The highest BCUT2D eigenvalue weighted by molar-refractivity contribution is 5.88. The van der Waals surface area contributed by atoms with Gasteiger partial charge in [0.1, 0.15) is 11.9 Å². The van der Waals surface area contributed by atoms with Crippen molar-refractivity contribution in [3.05, 3.63) is 18.2 Å². The predicted molar refractivity (Wildman–Crippen MR) is 77.6 cm³/mol. The van der Waals surface area contributed by atoms with Crippen LogP contribution in [-0.2, 0) is 20.9 Å². The summed E-state index contributed by atoms with van der Waals surface area (Å²) in [7, 11) is 1.33. The van der Waals surface area contributed by atoms with Crippen LogP contribution in [0.2, 0.25) is 0 Å². The van der Waals surface area contributed by atoms with E-state index in [-0.39, 0.29) is 11.8 Å². The first-order chi connectivity index (χ1) is 9.84. The number of nitrogens with one attached hydrogen (secondary N) is 1. The first-order valence-electron chi connectivity index (χ1n) is 7.24. The fourth-order valence-corrected chi connectivity index (χ4v) is 2.65. The predicted octanol–water partition coefficient (Wildman–Crippen LogP) is 1.46. The molecule has 0 bridgehead atoms. The second-order valence-electron chi connectivity index (χ2n) is 6.50. The smallest absolute Gasteiger partial charge is 0.328 e. The molecule has 116 valence electrons. The molecule has 21 heavy (non-hydrogen) atoms. The van der Waals surface area contributed by atoms with E-state index in [9.17, 15) is 9.59 Å². The molecule has 1 aliphatic rings. The van der Waals surface area contributed by atoms with Crippen molar-refractivity contribution in [2.24, 2.45) is 5.41 Å². The van der Waals surface area contributed by atoms with Crippen molar-refractivity contribution in [1.29, 1.82) is 0 Å². The quantitative estimate of drug-likeness (QED) is 0.856. The van der Waals surface area contributed by atoms with Gasteiger partial charge in [-0.2, -0.15) is 0 Å². The van der Waals surface area contributed by atoms with Gasteiger partial charge in [0.2, 0.25) is 5.91 Å². The third kappa shape index (κ3) is 3.25. The van der Waals surface area contributed by atoms with Crippen LogP contribution < -0.4 is 5.32 Å². The maximum Gasteiger partial charge on any atom is 0.328 e. The van der Waals surface area contributed by atoms with E-state index in [0.717, 1.165) is 25.2 Å². The highest BCUT2D eigenvalue weighted by atomic mass is 16.5. The number of hydrogen-bond donors (Lipinski definition) is 1. The van der Waals surface area contributed by atoms with E-state index >= 15 is 0 Å². The van der Waals surface area contributed by atoms with Crippen LogP contribution in [0.25, 0.3) is 0 Å². The van der Waals surface area contributed by atoms with Gasteiger partial charge in [0.15, 0.2) is 0 Å². The fraction of sp³-hybridized carbons (Fsp3) is 0.667. The van der Waals surface area contributed by atoms with Crippen molar-refractivity contribution in [3.63, 3.8) is 0 Å². The van der Waals surface area contributed by atoms with Crippen molar-refractivity contribution in [2.45, 2.75) is 52.1 Å². The van der Waals surface area contributed by atoms with E-state index in [1.54, 1.807) is 6.20 Å². The minimum Gasteiger partial charge on any atom is -0.467 e. The lowest BCUT2D eigenvalue weighted by molar-refractivity contribution is -0.148. The zero-order chi connectivity index (χ0) is 15.6. The summed E-state index contributed by atoms with van der Waals surface area (Å²) in [6.07, 6.45) is 5.28. The number of carbonyl (C=O) groups is 2. The molecule has 0 aromatic carbocycles. The summed E-state index contributed by atoms with van der Waals surface area (Å²) in [4.78, 5) is 28.8. The summed E-state index contributed by atoms with van der Waals surface area (Å²) >= 11 is 0. The number of nitrogens with zero attached hydrogens (tertiary/aromatic N) is 2. The Morgan fingerprint density at radius 2 is 2.19 bits per heavy atom. The molecule has 6 nitrogen and oxygen atoms in total. The number of esters is 1. The molecule has 0 fully saturated rings. The number of methoxy groups -OCH3 is 1. The molecule has 0 saturated carbocycles. The first kappa shape index (κ1) is 15.5. The molecule has 6 heteroatoms. The van der Waals surface area contributed by atoms with Crippen molar-refractivity contribution in [2.75, 3.05) is 7.11 Å². The number of carbonyl (C=O) groups excluding carboxylic acids is 2. The van der Waals surface area contributed by atoms with Crippen LogP contribution in [0, 0.1) is 5.41 Å². The summed E-state index contributed by atoms with van der Waals surface area (Å²) < 4.78 is 6.81. The van der Waals surface area contributed by atoms with Crippen LogP contribution >= 0.6 is 0 Å². The summed E-state index contributed by atoms with van der Waals surface area (Å²) in [5, 5.41) is 2.84. The molecule has 0 aliphatic carbocycles. The van der Waals surface area contributed by atoms with Crippen molar-refractivity contribution in [3.8, 4) is 0 Å². The third-order valence-electron chi connectivity index (χ3n) is 3.86. The highest BCUT2D eigenvalue weighted by Gasteiger charge is 2.37. The lowest BCUT2D eigenvalue weighted by Gasteiger charge is -2.31. The molecular weight excluding hydrogens is 270 g/mol. The molecule has 0 saturated heterocycles. The lowest BCUT2D eigenvalue weighted by atomic mass is 9.86. The molecule has 1 unspecified atom stereocenters. The molecule has 1 N–H and O–H groups in total. The van der Waals surface area contributed by atoms with Gasteiger partial charge >= 0.3 is 5.97 Å². The van der Waals surface area contributed by atoms with E-state index in [0.29, 0.717) is 0 Å². The third-order valence-corrected chi connectivity index (χ3v) is 3.86. The zero-order valence-corrected chi connectivity index (χ0v) is 13.0. The van der Waals surface area contributed by atoms with Gasteiger partial charge in [-0.3, -0.25) is 4.79 Å². The van der Waals surface area contributed by atoms with Gasteiger partial charge in [-0.1, -0.05) is 20.8 Å². The summed E-state index contributed by atoms with van der Waals surface area (Å²) in [6.45, 7) is 6.59. The number of aromatic nitrogens is 2. The van der Waals surface area contributed by atoms with Gasteiger partial charge in [-0.05, 0) is 18.3 Å². The number of rotatable bonds is 3. The lowest BCUT2D eigenvalue weighted by Crippen LogP contribution is -2.51. The van der Waals surface area contributed by atoms with Crippen LogP contribution in [0.15, 0.2) is 12.4 Å². The van der Waals surface area contributed by atoms with Crippen LogP contribution in [0.3, 0.4) is 0 Å². The largest absolute Gasteiger partial charge is 0.467 e. The average molecular weight is 293 g/mol. The SMILES string of the molecule is COC(=O)[C@@H](NC(=O)C1CCCn2ccnc21)C(C)(C)C. The first-order valence-corrected chi connectivity index (χ1v) is 7.24. The Hall–Kier alpha value is -1.85. The molecule has 0 spiro atoms. The van der Waals surface area contributed by atoms with Crippen molar-refractivity contribution in [1.82, 2.24) is 14.9 Å². The van der Waals surface area contributed by atoms with Gasteiger partial charge in [-0.15, -0.1) is 0 Å². The van der Waals surface area contributed by atoms with Gasteiger partial charge in [0.25, 0.3) is 0 Å². The molecule has 1 amide bonds. The van der Waals surface area contributed by atoms with E-state index in [1.165, 1.54) is 7.11 Å². The molecule has 2 heterocycles. The molecule has 1 aliphatic heterocycles. The van der Waals surface area contributed by atoms with E-state index in [4.69, 9.17) is 4.74 Å². The molecule has 2 atom stereocenters. The Morgan fingerprint density at radius 1 is 1.48 bits per heavy atom. The number of imidazole rings is 1. The second kappa shape index (κ2) is 5.87. The number of ether oxygens (including phenoxy) is 1. The Bertz CT molecular complexity index is 531. The summed E-state index contributed by atoms with van der Waals surface area (Å²) in [6, 6.07) is -0.666. The molecule has 1 aromatic heterocycles. The van der Waals surface area contributed by atoms with Crippen LogP contribution in [0.5, 0.6) is 0 Å². The minimum atomic E-state index is -0.666. The molecule has 0 radical (unpaired) electrons. The number of amides is 1. The van der Waals surface area contributed by atoms with E-state index < -0.39 is 17.4 Å². The monoisotopic (exact) mass is 293 g/mol. The zero-order valence-electron chi connectivity index (χ0n) is 13.0. The van der Waals surface area contributed by atoms with Crippen LogP contribution in [0.1, 0.15) is 45.4 Å². The summed E-state index contributed by atoms with van der Waals surface area (Å²) in [5.74, 6) is -0.109. The topological polar surface area (TPSA) is 73.2 Å². The molecule has 1 aromatic rings. The molecule has 2 rings (SSSR count). The van der Waals surface area contributed by atoms with Gasteiger partial charge in [0.05, 0.1) is 13.0 Å². The van der Waals surface area contributed by atoms with E-state index in [1.807, 2.05) is 31.5 Å². The van der Waals surface area contributed by atoms with Gasteiger partial charge in [-0.25, -0.2) is 9.78 Å². The Morgan fingerprint density at radius 3 is 2.81 bits per heavy atom. The van der Waals surface area contributed by atoms with E-state index in [2.05, 4.69) is 10.3 Å². The maximum atomic E-state index is 12.6. The van der Waals surface area contributed by atoms with Crippen LogP contribution in [0.4, 0.5) is 0 Å². The Labute approximate surface area is 124 Å². The maximum absolute atomic E-state index is 12.6. The minimum absolute atomic E-state index is 0.160. The molecular formula is C15H23N3O3. The van der Waals surface area contributed by atoms with Crippen LogP contribution in [-0.4, -0.2) is 34.6 Å². The van der Waals surface area contributed by atoms with Gasteiger partial charge in [0, 0.05) is 18.9 Å². The number of hydrogen-bond acceptors (Lipinski definition) is 4. The highest BCUT2D eigenvalue weighted by Crippen LogP contribution is 2.27. The summed E-state index contributed by atoms with van der Waals surface area (Å²) in [5.41, 5.74) is -0.410. The normalized spacial score (nSPS) is 19.5.